The van der Waals surface area contributed by atoms with Gasteiger partial charge in [0.15, 0.2) is 5.82 Å². The Kier molecular flexibility index (Phi) is 2.54. The van der Waals surface area contributed by atoms with E-state index in [2.05, 4.69) is 35.8 Å². The molecule has 0 bridgehead atoms. The molecule has 2 heterocycles. The topological polar surface area (TPSA) is 30.7 Å². The van der Waals surface area contributed by atoms with Crippen LogP contribution in [0.5, 0.6) is 0 Å². The average molecular weight is 273 g/mol. The Morgan fingerprint density at radius 1 is 0.857 bits per heavy atom. The minimum absolute atomic E-state index is 0.907. The first kappa shape index (κ1) is 12.1. The van der Waals surface area contributed by atoms with E-state index in [0.29, 0.717) is 0 Å². The summed E-state index contributed by atoms with van der Waals surface area (Å²) in [4.78, 5) is 9.51. The van der Waals surface area contributed by atoms with Crippen LogP contribution in [0.15, 0.2) is 54.6 Å². The van der Waals surface area contributed by atoms with Crippen LogP contribution in [0.4, 0.5) is 0 Å². The molecule has 2 aromatic heterocycles. The fraction of sp³-hybridized carbons (Fsp3) is 0.111. The Morgan fingerprint density at radius 3 is 2.38 bits per heavy atom. The van der Waals surface area contributed by atoms with Gasteiger partial charge < -0.3 is 4.57 Å². The maximum Gasteiger partial charge on any atom is 0.159 e. The summed E-state index contributed by atoms with van der Waals surface area (Å²) in [5, 5.41) is 1.19. The maximum absolute atomic E-state index is 4.78. The van der Waals surface area contributed by atoms with Crippen molar-refractivity contribution in [1.82, 2.24) is 14.5 Å². The van der Waals surface area contributed by atoms with E-state index in [9.17, 15) is 0 Å². The van der Waals surface area contributed by atoms with E-state index in [1.54, 1.807) is 0 Å². The third-order valence-electron chi connectivity index (χ3n) is 3.94. The average Bonchev–Trinajstić information content (AvgIpc) is 2.85. The van der Waals surface area contributed by atoms with Crippen LogP contribution >= 0.6 is 0 Å². The first-order valence-corrected chi connectivity index (χ1v) is 7.02. The summed E-state index contributed by atoms with van der Waals surface area (Å²) in [6.45, 7) is 2.12. The normalized spacial score (nSPS) is 11.3. The smallest absolute Gasteiger partial charge is 0.159 e. The summed E-state index contributed by atoms with van der Waals surface area (Å²) < 4.78 is 2.10. The SMILES string of the molecule is Cc1cc(-c2nc3ccccc3n2C)nc2ccccc12. The number of aromatic nitrogens is 3. The van der Waals surface area contributed by atoms with E-state index in [1.165, 1.54) is 10.9 Å². The highest BCUT2D eigenvalue weighted by atomic mass is 15.1. The minimum atomic E-state index is 0.907. The van der Waals surface area contributed by atoms with E-state index in [0.717, 1.165) is 28.1 Å². The Hall–Kier alpha value is -2.68. The molecule has 4 rings (SSSR count). The maximum atomic E-state index is 4.78. The Labute approximate surface area is 122 Å². The number of benzene rings is 2. The van der Waals surface area contributed by atoms with Crippen molar-refractivity contribution in [3.63, 3.8) is 0 Å². The Morgan fingerprint density at radius 2 is 1.57 bits per heavy atom. The van der Waals surface area contributed by atoms with E-state index in [-0.39, 0.29) is 0 Å². The van der Waals surface area contributed by atoms with Crippen LogP contribution in [0.3, 0.4) is 0 Å². The summed E-state index contributed by atoms with van der Waals surface area (Å²) in [5.74, 6) is 0.907. The molecule has 0 aliphatic carbocycles. The van der Waals surface area contributed by atoms with E-state index < -0.39 is 0 Å². The van der Waals surface area contributed by atoms with Crippen molar-refractivity contribution in [1.29, 1.82) is 0 Å². The molecule has 0 saturated heterocycles. The van der Waals surface area contributed by atoms with Gasteiger partial charge in [0.2, 0.25) is 0 Å². The quantitative estimate of drug-likeness (QED) is 0.523. The van der Waals surface area contributed by atoms with Crippen LogP contribution < -0.4 is 0 Å². The monoisotopic (exact) mass is 273 g/mol. The van der Waals surface area contributed by atoms with Gasteiger partial charge in [0.25, 0.3) is 0 Å². The minimum Gasteiger partial charge on any atom is -0.326 e. The number of pyridine rings is 1. The second-order valence-corrected chi connectivity index (χ2v) is 5.32. The molecule has 21 heavy (non-hydrogen) atoms. The lowest BCUT2D eigenvalue weighted by molar-refractivity contribution is 0.952. The zero-order valence-electron chi connectivity index (χ0n) is 12.0. The molecule has 0 saturated carbocycles. The number of para-hydroxylation sites is 3. The van der Waals surface area contributed by atoms with Gasteiger partial charge in [0, 0.05) is 12.4 Å². The van der Waals surface area contributed by atoms with Crippen molar-refractivity contribution in [3.8, 4) is 11.5 Å². The molecule has 0 N–H and O–H groups in total. The van der Waals surface area contributed by atoms with Gasteiger partial charge >= 0.3 is 0 Å². The molecule has 0 unspecified atom stereocenters. The number of nitrogens with zero attached hydrogens (tertiary/aromatic N) is 3. The fourth-order valence-corrected chi connectivity index (χ4v) is 2.84. The molecule has 0 radical (unpaired) electrons. The number of aryl methyl sites for hydroxylation is 2. The molecule has 2 aromatic carbocycles. The number of rotatable bonds is 1. The number of hydrogen-bond donors (Lipinski definition) is 0. The molecule has 0 spiro atoms. The van der Waals surface area contributed by atoms with Gasteiger partial charge in [-0.05, 0) is 36.8 Å². The van der Waals surface area contributed by atoms with Gasteiger partial charge in [0.1, 0.15) is 5.69 Å². The molecule has 3 heteroatoms. The van der Waals surface area contributed by atoms with Crippen LogP contribution in [-0.4, -0.2) is 14.5 Å². The summed E-state index contributed by atoms with van der Waals surface area (Å²) in [6.07, 6.45) is 0. The largest absolute Gasteiger partial charge is 0.326 e. The second kappa shape index (κ2) is 4.42. The summed E-state index contributed by atoms with van der Waals surface area (Å²) in [5.41, 5.74) is 5.29. The number of hydrogen-bond acceptors (Lipinski definition) is 2. The molecular formula is C18H15N3. The molecule has 3 nitrogen and oxygen atoms in total. The van der Waals surface area contributed by atoms with Crippen LogP contribution in [-0.2, 0) is 7.05 Å². The van der Waals surface area contributed by atoms with Gasteiger partial charge in [0.05, 0.1) is 16.6 Å². The number of imidazole rings is 1. The molecule has 0 fully saturated rings. The summed E-state index contributed by atoms with van der Waals surface area (Å²) in [6, 6.07) is 18.5. The summed E-state index contributed by atoms with van der Waals surface area (Å²) in [7, 11) is 2.04. The predicted octanol–water partition coefficient (Wildman–Crippen LogP) is 4.10. The molecule has 0 aliphatic rings. The van der Waals surface area contributed by atoms with Gasteiger partial charge in [-0.15, -0.1) is 0 Å². The molecular weight excluding hydrogens is 258 g/mol. The predicted molar refractivity (Wildman–Crippen MR) is 86.2 cm³/mol. The summed E-state index contributed by atoms with van der Waals surface area (Å²) >= 11 is 0. The highest BCUT2D eigenvalue weighted by molar-refractivity contribution is 5.86. The lowest BCUT2D eigenvalue weighted by Gasteiger charge is -2.06. The van der Waals surface area contributed by atoms with E-state index in [1.807, 2.05) is 37.4 Å². The van der Waals surface area contributed by atoms with Crippen molar-refractivity contribution in [2.75, 3.05) is 0 Å². The van der Waals surface area contributed by atoms with Crippen LogP contribution in [0.25, 0.3) is 33.5 Å². The Balaban J connectivity index is 2.02. The van der Waals surface area contributed by atoms with Gasteiger partial charge in [-0.25, -0.2) is 9.97 Å². The van der Waals surface area contributed by atoms with Gasteiger partial charge in [-0.1, -0.05) is 30.3 Å². The highest BCUT2D eigenvalue weighted by Gasteiger charge is 2.12. The van der Waals surface area contributed by atoms with Crippen LogP contribution in [0, 0.1) is 6.92 Å². The first-order chi connectivity index (χ1) is 10.2. The fourth-order valence-electron chi connectivity index (χ4n) is 2.84. The lowest BCUT2D eigenvalue weighted by Crippen LogP contribution is -1.96. The van der Waals surface area contributed by atoms with E-state index in [4.69, 9.17) is 9.97 Å². The zero-order valence-corrected chi connectivity index (χ0v) is 12.0. The van der Waals surface area contributed by atoms with Crippen molar-refractivity contribution in [3.05, 3.63) is 60.2 Å². The molecule has 4 aromatic rings. The van der Waals surface area contributed by atoms with Crippen LogP contribution in [0.2, 0.25) is 0 Å². The molecule has 0 amide bonds. The van der Waals surface area contributed by atoms with Gasteiger partial charge in [-0.2, -0.15) is 0 Å². The van der Waals surface area contributed by atoms with Crippen molar-refractivity contribution < 1.29 is 0 Å². The molecule has 0 atom stereocenters. The van der Waals surface area contributed by atoms with E-state index >= 15 is 0 Å². The molecule has 102 valence electrons. The highest BCUT2D eigenvalue weighted by Crippen LogP contribution is 2.26. The lowest BCUT2D eigenvalue weighted by atomic mass is 10.1. The first-order valence-electron chi connectivity index (χ1n) is 7.02. The number of fused-ring (bicyclic) bond motifs is 2. The third kappa shape index (κ3) is 1.82. The van der Waals surface area contributed by atoms with Crippen molar-refractivity contribution in [2.45, 2.75) is 6.92 Å². The second-order valence-electron chi connectivity index (χ2n) is 5.32. The third-order valence-corrected chi connectivity index (χ3v) is 3.94. The Bertz CT molecular complexity index is 967. The van der Waals surface area contributed by atoms with Crippen molar-refractivity contribution >= 4 is 21.9 Å². The van der Waals surface area contributed by atoms with Gasteiger partial charge in [-0.3, -0.25) is 0 Å². The van der Waals surface area contributed by atoms with Crippen molar-refractivity contribution in [2.24, 2.45) is 7.05 Å². The molecule has 0 aliphatic heterocycles. The van der Waals surface area contributed by atoms with Crippen LogP contribution in [0.1, 0.15) is 5.56 Å². The zero-order chi connectivity index (χ0) is 14.4. The standard InChI is InChI=1S/C18H15N3/c1-12-11-16(19-14-8-4-3-7-13(12)14)18-20-15-9-5-6-10-17(15)21(18)2/h3-11H,1-2H3.